The van der Waals surface area contributed by atoms with Crippen LogP contribution >= 0.6 is 0 Å². The van der Waals surface area contributed by atoms with Crippen LogP contribution < -0.4 is 10.2 Å². The number of carbonyl (C=O) groups excluding carboxylic acids is 1. The number of benzene rings is 2. The molecule has 0 spiro atoms. The van der Waals surface area contributed by atoms with E-state index in [4.69, 9.17) is 0 Å². The molecular weight excluding hydrogens is 334 g/mol. The lowest BCUT2D eigenvalue weighted by molar-refractivity contribution is -0.126. The highest BCUT2D eigenvalue weighted by Gasteiger charge is 2.26. The van der Waals surface area contributed by atoms with E-state index in [1.165, 1.54) is 11.3 Å². The standard InChI is InChI=1S/C23H31N3O/c1-3-20(21-10-6-4-7-11-21)18-24-23(27)19(2)25-14-16-26(17-15-25)22-12-8-5-9-13-22/h4-13,19-20H,3,14-18H2,1-2H3,(H,24,27)/t19-,20+/m1/s1. The molecule has 2 aromatic carbocycles. The van der Waals surface area contributed by atoms with Gasteiger partial charge in [-0.15, -0.1) is 0 Å². The van der Waals surface area contributed by atoms with E-state index in [-0.39, 0.29) is 11.9 Å². The number of amides is 1. The Morgan fingerprint density at radius 2 is 1.56 bits per heavy atom. The van der Waals surface area contributed by atoms with Gasteiger partial charge in [0.2, 0.25) is 5.91 Å². The van der Waals surface area contributed by atoms with Gasteiger partial charge in [-0.3, -0.25) is 9.69 Å². The number of hydrogen-bond donors (Lipinski definition) is 1. The second kappa shape index (κ2) is 9.56. The van der Waals surface area contributed by atoms with Gasteiger partial charge in [-0.1, -0.05) is 55.5 Å². The number of para-hydroxylation sites is 1. The van der Waals surface area contributed by atoms with Crippen molar-refractivity contribution in [3.8, 4) is 0 Å². The van der Waals surface area contributed by atoms with Crippen molar-refractivity contribution in [1.29, 1.82) is 0 Å². The highest BCUT2D eigenvalue weighted by Crippen LogP contribution is 2.19. The predicted molar refractivity (Wildman–Crippen MR) is 112 cm³/mol. The smallest absolute Gasteiger partial charge is 0.237 e. The maximum atomic E-state index is 12.7. The summed E-state index contributed by atoms with van der Waals surface area (Å²) in [7, 11) is 0. The zero-order valence-electron chi connectivity index (χ0n) is 16.5. The van der Waals surface area contributed by atoms with Crippen LogP contribution in [0.25, 0.3) is 0 Å². The summed E-state index contributed by atoms with van der Waals surface area (Å²) >= 11 is 0. The first-order chi connectivity index (χ1) is 13.2. The number of rotatable bonds is 7. The number of nitrogens with one attached hydrogen (secondary N) is 1. The minimum atomic E-state index is -0.0868. The molecule has 0 aromatic heterocycles. The maximum absolute atomic E-state index is 12.7. The van der Waals surface area contributed by atoms with Crippen LogP contribution in [-0.4, -0.2) is 49.6 Å². The molecule has 0 aliphatic carbocycles. The summed E-state index contributed by atoms with van der Waals surface area (Å²) in [5.74, 6) is 0.509. The normalized spacial score (nSPS) is 17.3. The summed E-state index contributed by atoms with van der Waals surface area (Å²) < 4.78 is 0. The monoisotopic (exact) mass is 365 g/mol. The Bertz CT molecular complexity index is 696. The summed E-state index contributed by atoms with van der Waals surface area (Å²) in [6, 6.07) is 20.9. The Kier molecular flexibility index (Phi) is 6.88. The quantitative estimate of drug-likeness (QED) is 0.816. The van der Waals surface area contributed by atoms with Gasteiger partial charge in [0.05, 0.1) is 6.04 Å². The molecule has 1 amide bonds. The lowest BCUT2D eigenvalue weighted by Gasteiger charge is -2.38. The largest absolute Gasteiger partial charge is 0.369 e. The lowest BCUT2D eigenvalue weighted by Crippen LogP contribution is -2.54. The average molecular weight is 366 g/mol. The van der Waals surface area contributed by atoms with Crippen molar-refractivity contribution in [3.05, 3.63) is 66.2 Å². The third-order valence-corrected chi connectivity index (χ3v) is 5.65. The molecule has 0 bridgehead atoms. The second-order valence-corrected chi connectivity index (χ2v) is 7.30. The third kappa shape index (κ3) is 5.10. The van der Waals surface area contributed by atoms with E-state index in [0.29, 0.717) is 12.5 Å². The lowest BCUT2D eigenvalue weighted by atomic mass is 9.96. The van der Waals surface area contributed by atoms with E-state index in [9.17, 15) is 4.79 Å². The maximum Gasteiger partial charge on any atom is 0.237 e. The Hall–Kier alpha value is -2.33. The number of carbonyl (C=O) groups is 1. The highest BCUT2D eigenvalue weighted by atomic mass is 16.2. The summed E-state index contributed by atoms with van der Waals surface area (Å²) in [4.78, 5) is 17.4. The minimum absolute atomic E-state index is 0.0868. The summed E-state index contributed by atoms with van der Waals surface area (Å²) in [5, 5.41) is 3.18. The van der Waals surface area contributed by atoms with Crippen LogP contribution in [0.4, 0.5) is 5.69 Å². The van der Waals surface area contributed by atoms with Crippen molar-refractivity contribution >= 4 is 11.6 Å². The van der Waals surface area contributed by atoms with E-state index in [2.05, 4.69) is 70.6 Å². The fraction of sp³-hybridized carbons (Fsp3) is 0.435. The van der Waals surface area contributed by atoms with Gasteiger partial charge >= 0.3 is 0 Å². The number of hydrogen-bond acceptors (Lipinski definition) is 3. The van der Waals surface area contributed by atoms with E-state index < -0.39 is 0 Å². The summed E-state index contributed by atoms with van der Waals surface area (Å²) in [6.45, 7) is 8.66. The van der Waals surface area contributed by atoms with Gasteiger partial charge in [-0.05, 0) is 31.0 Å². The van der Waals surface area contributed by atoms with E-state index >= 15 is 0 Å². The van der Waals surface area contributed by atoms with Crippen LogP contribution in [0, 0.1) is 0 Å². The van der Waals surface area contributed by atoms with Gasteiger partial charge in [0.25, 0.3) is 0 Å². The first kappa shape index (κ1) is 19.4. The Balaban J connectivity index is 1.48. The van der Waals surface area contributed by atoms with Crippen molar-refractivity contribution < 1.29 is 4.79 Å². The van der Waals surface area contributed by atoms with Crippen LogP contribution in [0.2, 0.25) is 0 Å². The Morgan fingerprint density at radius 3 is 2.15 bits per heavy atom. The zero-order chi connectivity index (χ0) is 19.1. The first-order valence-corrected chi connectivity index (χ1v) is 10.1. The molecule has 27 heavy (non-hydrogen) atoms. The molecule has 1 N–H and O–H groups in total. The summed E-state index contributed by atoms with van der Waals surface area (Å²) in [5.41, 5.74) is 2.56. The zero-order valence-corrected chi connectivity index (χ0v) is 16.5. The average Bonchev–Trinajstić information content (AvgIpc) is 2.75. The van der Waals surface area contributed by atoms with Gasteiger partial charge in [-0.25, -0.2) is 0 Å². The van der Waals surface area contributed by atoms with Gasteiger partial charge < -0.3 is 10.2 Å². The van der Waals surface area contributed by atoms with Crippen molar-refractivity contribution in [3.63, 3.8) is 0 Å². The first-order valence-electron chi connectivity index (χ1n) is 10.1. The molecule has 2 aromatic rings. The SMILES string of the molecule is CC[C@@H](CNC(=O)[C@@H](C)N1CCN(c2ccccc2)CC1)c1ccccc1. The number of anilines is 1. The highest BCUT2D eigenvalue weighted by molar-refractivity contribution is 5.81. The molecule has 2 atom stereocenters. The topological polar surface area (TPSA) is 35.6 Å². The second-order valence-electron chi connectivity index (χ2n) is 7.30. The van der Waals surface area contributed by atoms with Crippen molar-refractivity contribution in [1.82, 2.24) is 10.2 Å². The van der Waals surface area contributed by atoms with E-state index in [1.807, 2.05) is 19.1 Å². The molecule has 1 aliphatic rings. The van der Waals surface area contributed by atoms with Gasteiger partial charge in [0.1, 0.15) is 0 Å². The van der Waals surface area contributed by atoms with Crippen LogP contribution in [0.15, 0.2) is 60.7 Å². The molecule has 0 radical (unpaired) electrons. The van der Waals surface area contributed by atoms with Crippen molar-refractivity contribution in [2.45, 2.75) is 32.2 Å². The fourth-order valence-corrected chi connectivity index (χ4v) is 3.77. The molecule has 1 aliphatic heterocycles. The predicted octanol–water partition coefficient (Wildman–Crippen LogP) is 3.51. The third-order valence-electron chi connectivity index (χ3n) is 5.65. The molecule has 0 saturated carbocycles. The van der Waals surface area contributed by atoms with E-state index in [1.54, 1.807) is 0 Å². The molecule has 4 heteroatoms. The van der Waals surface area contributed by atoms with Gasteiger partial charge in [-0.2, -0.15) is 0 Å². The molecular formula is C23H31N3O. The Labute approximate surface area is 163 Å². The molecule has 4 nitrogen and oxygen atoms in total. The van der Waals surface area contributed by atoms with Gasteiger partial charge in [0, 0.05) is 44.3 Å². The number of nitrogens with zero attached hydrogens (tertiary/aromatic N) is 2. The Morgan fingerprint density at radius 1 is 0.963 bits per heavy atom. The molecule has 3 rings (SSSR count). The van der Waals surface area contributed by atoms with Crippen LogP contribution in [0.3, 0.4) is 0 Å². The fourth-order valence-electron chi connectivity index (χ4n) is 3.77. The van der Waals surface area contributed by atoms with Gasteiger partial charge in [0.15, 0.2) is 0 Å². The van der Waals surface area contributed by atoms with Crippen LogP contribution in [-0.2, 0) is 4.79 Å². The minimum Gasteiger partial charge on any atom is -0.369 e. The van der Waals surface area contributed by atoms with Crippen LogP contribution in [0.5, 0.6) is 0 Å². The number of piperazine rings is 1. The molecule has 0 unspecified atom stereocenters. The molecule has 1 saturated heterocycles. The van der Waals surface area contributed by atoms with Crippen molar-refractivity contribution in [2.24, 2.45) is 0 Å². The van der Waals surface area contributed by atoms with Crippen molar-refractivity contribution in [2.75, 3.05) is 37.6 Å². The summed E-state index contributed by atoms with van der Waals surface area (Å²) in [6.07, 6.45) is 1.02. The van der Waals surface area contributed by atoms with E-state index in [0.717, 1.165) is 32.6 Å². The molecule has 1 fully saturated rings. The van der Waals surface area contributed by atoms with Crippen LogP contribution in [0.1, 0.15) is 31.7 Å². The molecule has 144 valence electrons. The molecule has 1 heterocycles.